The second-order valence-electron chi connectivity index (χ2n) is 6.06. The monoisotopic (exact) mass is 316 g/mol. The first kappa shape index (κ1) is 16.2. The van der Waals surface area contributed by atoms with Crippen molar-refractivity contribution < 1.29 is 9.90 Å². The van der Waals surface area contributed by atoms with E-state index >= 15 is 0 Å². The molecule has 0 bridgehead atoms. The molecule has 3 rings (SSSR count). The van der Waals surface area contributed by atoms with Crippen molar-refractivity contribution in [2.24, 2.45) is 0 Å². The first-order valence-corrected chi connectivity index (χ1v) is 8.03. The van der Waals surface area contributed by atoms with Gasteiger partial charge in [-0.15, -0.1) is 0 Å². The van der Waals surface area contributed by atoms with E-state index in [1.807, 2.05) is 91.9 Å². The SMILES string of the molecule is Cc1ccc(C(=O)CC(O)(c2ccccc2)c2ccccc2)cc1. The van der Waals surface area contributed by atoms with Crippen molar-refractivity contribution >= 4 is 5.78 Å². The third kappa shape index (κ3) is 3.29. The molecular formula is C22H20O2. The van der Waals surface area contributed by atoms with Crippen LogP contribution in [0.5, 0.6) is 0 Å². The highest BCUT2D eigenvalue weighted by Crippen LogP contribution is 2.34. The molecule has 0 aliphatic carbocycles. The summed E-state index contributed by atoms with van der Waals surface area (Å²) in [5, 5.41) is 11.4. The number of hydrogen-bond acceptors (Lipinski definition) is 2. The maximum absolute atomic E-state index is 12.8. The van der Waals surface area contributed by atoms with Crippen molar-refractivity contribution in [1.29, 1.82) is 0 Å². The first-order valence-electron chi connectivity index (χ1n) is 8.03. The summed E-state index contributed by atoms with van der Waals surface area (Å²) in [4.78, 5) is 12.8. The zero-order chi connectivity index (χ0) is 17.0. The smallest absolute Gasteiger partial charge is 0.166 e. The standard InChI is InChI=1S/C22H20O2/c1-17-12-14-18(15-13-17)21(23)16-22(24,19-8-4-2-5-9-19)20-10-6-3-7-11-20/h2-15,24H,16H2,1H3. The van der Waals surface area contributed by atoms with Gasteiger partial charge in [-0.3, -0.25) is 4.79 Å². The molecule has 0 heterocycles. The maximum Gasteiger partial charge on any atom is 0.166 e. The van der Waals surface area contributed by atoms with Gasteiger partial charge in [-0.25, -0.2) is 0 Å². The molecule has 120 valence electrons. The van der Waals surface area contributed by atoms with Gasteiger partial charge in [-0.2, -0.15) is 0 Å². The van der Waals surface area contributed by atoms with Crippen molar-refractivity contribution in [1.82, 2.24) is 0 Å². The molecule has 0 saturated heterocycles. The summed E-state index contributed by atoms with van der Waals surface area (Å²) in [7, 11) is 0. The molecule has 3 aromatic carbocycles. The van der Waals surface area contributed by atoms with Gasteiger partial charge in [-0.1, -0.05) is 90.5 Å². The Morgan fingerprint density at radius 1 is 0.792 bits per heavy atom. The highest BCUT2D eigenvalue weighted by molar-refractivity contribution is 5.97. The van der Waals surface area contributed by atoms with Gasteiger partial charge in [0.05, 0.1) is 0 Å². The maximum atomic E-state index is 12.8. The molecular weight excluding hydrogens is 296 g/mol. The molecule has 3 aromatic rings. The van der Waals surface area contributed by atoms with E-state index in [2.05, 4.69) is 0 Å². The highest BCUT2D eigenvalue weighted by Gasteiger charge is 2.34. The predicted molar refractivity (Wildman–Crippen MR) is 96.0 cm³/mol. The number of benzene rings is 3. The molecule has 0 amide bonds. The Labute approximate surface area is 142 Å². The first-order chi connectivity index (χ1) is 11.6. The van der Waals surface area contributed by atoms with Crippen molar-refractivity contribution in [3.8, 4) is 0 Å². The lowest BCUT2D eigenvalue weighted by molar-refractivity contribution is 0.0583. The molecule has 0 unspecified atom stereocenters. The van der Waals surface area contributed by atoms with Crippen LogP contribution in [0.2, 0.25) is 0 Å². The Morgan fingerprint density at radius 2 is 1.25 bits per heavy atom. The van der Waals surface area contributed by atoms with Gasteiger partial charge in [-0.05, 0) is 18.1 Å². The Balaban J connectivity index is 2.00. The van der Waals surface area contributed by atoms with Crippen molar-refractivity contribution in [2.45, 2.75) is 18.9 Å². The fraction of sp³-hybridized carbons (Fsp3) is 0.136. The molecule has 1 N–H and O–H groups in total. The van der Waals surface area contributed by atoms with Crippen LogP contribution in [0.3, 0.4) is 0 Å². The van der Waals surface area contributed by atoms with Crippen LogP contribution in [0.15, 0.2) is 84.9 Å². The van der Waals surface area contributed by atoms with Crippen LogP contribution in [-0.4, -0.2) is 10.9 Å². The van der Waals surface area contributed by atoms with Gasteiger partial charge in [0.25, 0.3) is 0 Å². The average Bonchev–Trinajstić information content (AvgIpc) is 2.63. The number of rotatable bonds is 5. The molecule has 2 heteroatoms. The van der Waals surface area contributed by atoms with E-state index in [0.717, 1.165) is 16.7 Å². The molecule has 2 nitrogen and oxygen atoms in total. The van der Waals surface area contributed by atoms with Crippen LogP contribution in [0.4, 0.5) is 0 Å². The van der Waals surface area contributed by atoms with Crippen molar-refractivity contribution in [3.63, 3.8) is 0 Å². The lowest BCUT2D eigenvalue weighted by Crippen LogP contribution is -2.30. The van der Waals surface area contributed by atoms with Crippen LogP contribution >= 0.6 is 0 Å². The number of carbonyl (C=O) groups is 1. The minimum Gasteiger partial charge on any atom is -0.380 e. The van der Waals surface area contributed by atoms with Crippen LogP contribution < -0.4 is 0 Å². The van der Waals surface area contributed by atoms with Crippen LogP contribution in [0.25, 0.3) is 0 Å². The van der Waals surface area contributed by atoms with E-state index in [4.69, 9.17) is 0 Å². The van der Waals surface area contributed by atoms with Gasteiger partial charge < -0.3 is 5.11 Å². The quantitative estimate of drug-likeness (QED) is 0.704. The van der Waals surface area contributed by atoms with E-state index in [-0.39, 0.29) is 12.2 Å². The third-order valence-electron chi connectivity index (χ3n) is 4.29. The van der Waals surface area contributed by atoms with Gasteiger partial charge in [0.1, 0.15) is 5.60 Å². The molecule has 0 saturated carbocycles. The Kier molecular flexibility index (Phi) is 4.59. The summed E-state index contributed by atoms with van der Waals surface area (Å²) in [5.41, 5.74) is 1.82. The predicted octanol–water partition coefficient (Wildman–Crippen LogP) is 4.50. The molecule has 0 aliphatic rings. The summed E-state index contributed by atoms with van der Waals surface area (Å²) in [6.45, 7) is 1.98. The minimum absolute atomic E-state index is 0.00406. The third-order valence-corrected chi connectivity index (χ3v) is 4.29. The number of Topliss-reactive ketones (excluding diaryl/α,β-unsaturated/α-hetero) is 1. The zero-order valence-electron chi connectivity index (χ0n) is 13.6. The topological polar surface area (TPSA) is 37.3 Å². The van der Waals surface area contributed by atoms with Gasteiger partial charge in [0.15, 0.2) is 5.78 Å². The lowest BCUT2D eigenvalue weighted by atomic mass is 9.81. The van der Waals surface area contributed by atoms with Crippen molar-refractivity contribution in [2.75, 3.05) is 0 Å². The van der Waals surface area contributed by atoms with E-state index in [0.29, 0.717) is 5.56 Å². The Morgan fingerprint density at radius 3 is 1.71 bits per heavy atom. The van der Waals surface area contributed by atoms with E-state index in [1.54, 1.807) is 0 Å². The Hall–Kier alpha value is -2.71. The minimum atomic E-state index is -1.34. The summed E-state index contributed by atoms with van der Waals surface area (Å²) in [6.07, 6.45) is 0.00406. The molecule has 0 spiro atoms. The average molecular weight is 316 g/mol. The molecule has 0 atom stereocenters. The fourth-order valence-corrected chi connectivity index (χ4v) is 2.87. The molecule has 0 aliphatic heterocycles. The summed E-state index contributed by atoms with van der Waals surface area (Å²) >= 11 is 0. The fourth-order valence-electron chi connectivity index (χ4n) is 2.87. The number of ketones is 1. The van der Waals surface area contributed by atoms with Gasteiger partial charge in [0, 0.05) is 12.0 Å². The highest BCUT2D eigenvalue weighted by atomic mass is 16.3. The molecule has 0 radical (unpaired) electrons. The summed E-state index contributed by atoms with van der Waals surface area (Å²) in [6, 6.07) is 26.2. The zero-order valence-corrected chi connectivity index (χ0v) is 13.6. The normalized spacial score (nSPS) is 11.2. The van der Waals surface area contributed by atoms with Crippen molar-refractivity contribution in [3.05, 3.63) is 107 Å². The Bertz CT molecular complexity index is 766. The number of hydrogen-bond donors (Lipinski definition) is 1. The van der Waals surface area contributed by atoms with Crippen LogP contribution in [-0.2, 0) is 5.60 Å². The molecule has 0 aromatic heterocycles. The number of aryl methyl sites for hydroxylation is 1. The summed E-state index contributed by atoms with van der Waals surface area (Å²) < 4.78 is 0. The van der Waals surface area contributed by atoms with E-state index in [9.17, 15) is 9.90 Å². The second kappa shape index (κ2) is 6.81. The van der Waals surface area contributed by atoms with Gasteiger partial charge >= 0.3 is 0 Å². The van der Waals surface area contributed by atoms with Crippen LogP contribution in [0.1, 0.15) is 33.5 Å². The van der Waals surface area contributed by atoms with E-state index in [1.165, 1.54) is 0 Å². The molecule has 24 heavy (non-hydrogen) atoms. The summed E-state index contributed by atoms with van der Waals surface area (Å²) in [5.74, 6) is -0.0785. The lowest BCUT2D eigenvalue weighted by Gasteiger charge is -2.29. The number of carbonyl (C=O) groups excluding carboxylic acids is 1. The largest absolute Gasteiger partial charge is 0.380 e. The second-order valence-corrected chi connectivity index (χ2v) is 6.06. The number of aliphatic hydroxyl groups is 1. The van der Waals surface area contributed by atoms with Gasteiger partial charge in [0.2, 0.25) is 0 Å². The van der Waals surface area contributed by atoms with E-state index < -0.39 is 5.60 Å². The molecule has 0 fully saturated rings. The van der Waals surface area contributed by atoms with Crippen LogP contribution in [0, 0.1) is 6.92 Å².